The van der Waals surface area contributed by atoms with Crippen LogP contribution in [-0.2, 0) is 29.3 Å². The predicted molar refractivity (Wildman–Crippen MR) is 164 cm³/mol. The summed E-state index contributed by atoms with van der Waals surface area (Å²) < 4.78 is 70.9. The van der Waals surface area contributed by atoms with Crippen LogP contribution >= 0.6 is 0 Å². The van der Waals surface area contributed by atoms with Gasteiger partial charge in [-0.15, -0.1) is 9.36 Å². The van der Waals surface area contributed by atoms with Gasteiger partial charge < -0.3 is 4.74 Å². The minimum Gasteiger partial charge on any atom is -0.431 e. The molecule has 0 aliphatic rings. The lowest BCUT2D eigenvalue weighted by Crippen LogP contribution is -2.54. The van der Waals surface area contributed by atoms with Gasteiger partial charge in [-0.25, -0.2) is 8.78 Å². The lowest BCUT2D eigenvalue weighted by atomic mass is 9.86. The molecule has 3 aromatic rings. The maximum absolute atomic E-state index is 14.9. The molecule has 0 aromatic carbocycles. The van der Waals surface area contributed by atoms with Crippen LogP contribution in [0.4, 0.5) is 17.6 Å². The molecular formula is C33H51F4N7O+2. The average Bonchev–Trinajstić information content (AvgIpc) is 3.56. The predicted octanol–water partition coefficient (Wildman–Crippen LogP) is 7.47. The number of hydrogen-bond donors (Lipinski definition) is 0. The Bertz CT molecular complexity index is 1530. The number of alkyl halides is 4. The van der Waals surface area contributed by atoms with Gasteiger partial charge in [-0.1, -0.05) is 20.8 Å². The number of ether oxygens (including phenoxy) is 1. The number of nitrogens with zero attached hydrogens (tertiary/aromatic N) is 7. The molecule has 0 amide bonds. The van der Waals surface area contributed by atoms with Crippen LogP contribution in [0.15, 0.2) is 18.6 Å². The molecule has 8 nitrogen and oxygen atoms in total. The molecule has 0 radical (unpaired) electrons. The van der Waals surface area contributed by atoms with Crippen LogP contribution in [0.5, 0.6) is 5.75 Å². The maximum atomic E-state index is 14.9. The van der Waals surface area contributed by atoms with Crippen LogP contribution in [0, 0.1) is 11.3 Å². The van der Waals surface area contributed by atoms with Gasteiger partial charge in [0.25, 0.3) is 6.43 Å². The molecule has 0 saturated heterocycles. The summed E-state index contributed by atoms with van der Waals surface area (Å²) in [6, 6.07) is 2.00. The van der Waals surface area contributed by atoms with Crippen LogP contribution in [0.1, 0.15) is 143 Å². The van der Waals surface area contributed by atoms with Crippen molar-refractivity contribution in [1.82, 2.24) is 19.1 Å². The van der Waals surface area contributed by atoms with E-state index >= 15 is 0 Å². The summed E-state index contributed by atoms with van der Waals surface area (Å²) in [4.78, 5) is 0. The molecule has 0 bridgehead atoms. The second-order valence-electron chi connectivity index (χ2n) is 15.1. The highest BCUT2D eigenvalue weighted by molar-refractivity contribution is 5.35. The van der Waals surface area contributed by atoms with E-state index in [4.69, 9.17) is 4.74 Å². The first-order valence-electron chi connectivity index (χ1n) is 15.6. The Hall–Kier alpha value is -3.36. The summed E-state index contributed by atoms with van der Waals surface area (Å²) in [7, 11) is 0. The number of rotatable bonds is 12. The molecule has 0 aliphatic heterocycles. The quantitative estimate of drug-likeness (QED) is 0.153. The van der Waals surface area contributed by atoms with Crippen molar-refractivity contribution in [2.75, 3.05) is 0 Å². The van der Waals surface area contributed by atoms with Crippen molar-refractivity contribution >= 4 is 0 Å². The Balaban J connectivity index is 2.24. The summed E-state index contributed by atoms with van der Waals surface area (Å²) in [5, 5.41) is 14.3. The van der Waals surface area contributed by atoms with Crippen molar-refractivity contribution in [3.63, 3.8) is 0 Å². The fraction of sp³-hybridized carbons (Fsp3) is 0.697. The Morgan fingerprint density at radius 1 is 0.778 bits per heavy atom. The van der Waals surface area contributed by atoms with Gasteiger partial charge in [-0.3, -0.25) is 4.68 Å². The normalized spacial score (nSPS) is 13.3. The van der Waals surface area contributed by atoms with E-state index < -0.39 is 23.9 Å². The molecule has 45 heavy (non-hydrogen) atoms. The van der Waals surface area contributed by atoms with Crippen LogP contribution in [0.3, 0.4) is 0 Å². The molecule has 0 saturated carbocycles. The van der Waals surface area contributed by atoms with Gasteiger partial charge in [0.1, 0.15) is 28.6 Å². The van der Waals surface area contributed by atoms with E-state index in [0.717, 1.165) is 5.69 Å². The third kappa shape index (κ3) is 7.23. The van der Waals surface area contributed by atoms with Crippen molar-refractivity contribution in [2.24, 2.45) is 0 Å². The molecular weight excluding hydrogens is 586 g/mol. The fourth-order valence-corrected chi connectivity index (χ4v) is 6.64. The number of halogens is 4. The molecule has 0 N–H and O–H groups in total. The first-order chi connectivity index (χ1) is 20.5. The van der Waals surface area contributed by atoms with Crippen molar-refractivity contribution in [3.05, 3.63) is 46.8 Å². The van der Waals surface area contributed by atoms with Crippen molar-refractivity contribution < 1.29 is 31.7 Å². The second-order valence-corrected chi connectivity index (χ2v) is 15.1. The highest BCUT2D eigenvalue weighted by Gasteiger charge is 2.45. The van der Waals surface area contributed by atoms with E-state index in [2.05, 4.69) is 36.6 Å². The molecule has 12 heteroatoms. The van der Waals surface area contributed by atoms with Crippen LogP contribution in [0.25, 0.3) is 0 Å². The summed E-state index contributed by atoms with van der Waals surface area (Å²) >= 11 is 0. The van der Waals surface area contributed by atoms with Crippen molar-refractivity contribution in [1.29, 1.82) is 5.26 Å². The largest absolute Gasteiger partial charge is 0.431 e. The topological polar surface area (TPSA) is 68.5 Å². The third-order valence-electron chi connectivity index (χ3n) is 8.01. The first-order valence-corrected chi connectivity index (χ1v) is 15.6. The van der Waals surface area contributed by atoms with Crippen molar-refractivity contribution in [3.8, 4) is 11.8 Å². The summed E-state index contributed by atoms with van der Waals surface area (Å²) in [5.41, 5.74) is 0.324. The third-order valence-corrected chi connectivity index (χ3v) is 8.01. The fourth-order valence-electron chi connectivity index (χ4n) is 6.64. The Morgan fingerprint density at radius 2 is 1.27 bits per heavy atom. The molecule has 3 rings (SSSR count). The standard InChI is InChI=1S/C33H51F4N7O/c1-20(2)42-28(25(15-39-42)45-30(36)37)33(12,13)19-41-17-24(29(34)35)27(44(41)22(5)6)32(10,11)18-40-16-23(14-38)26(31(7,8)9)43(40)21(3)4/h15-17,20-22,29-30H,18-19H2,1-13H3/q+2. The number of aromatic nitrogens is 6. The zero-order chi connectivity index (χ0) is 34.4. The van der Waals surface area contributed by atoms with Gasteiger partial charge in [-0.2, -0.15) is 28.5 Å². The summed E-state index contributed by atoms with van der Waals surface area (Å²) in [6.07, 6.45) is 1.84. The minimum absolute atomic E-state index is 0.0183. The highest BCUT2D eigenvalue weighted by Crippen LogP contribution is 2.38. The first kappa shape index (κ1) is 36.1. The zero-order valence-corrected chi connectivity index (χ0v) is 29.1. The number of nitriles is 1. The Labute approximate surface area is 265 Å². The molecule has 0 fully saturated rings. The van der Waals surface area contributed by atoms with E-state index in [0.29, 0.717) is 23.5 Å². The maximum Gasteiger partial charge on any atom is 0.387 e. The summed E-state index contributed by atoms with van der Waals surface area (Å²) in [6.45, 7) is 23.1. The minimum atomic E-state index is -3.03. The highest BCUT2D eigenvalue weighted by atomic mass is 19.3. The Kier molecular flexibility index (Phi) is 10.3. The van der Waals surface area contributed by atoms with Gasteiger partial charge in [0.15, 0.2) is 18.8 Å². The van der Waals surface area contributed by atoms with E-state index in [1.54, 1.807) is 9.36 Å². The zero-order valence-electron chi connectivity index (χ0n) is 29.1. The lowest BCUT2D eigenvalue weighted by Gasteiger charge is -2.28. The monoisotopic (exact) mass is 637 g/mol. The SMILES string of the molecule is CC(C)n1ncc(OC(F)F)c1C(C)(C)C[n+]1cc(C(F)F)c(C(C)(C)C[n+]2cc(C#N)c(C(C)(C)C)n2C(C)C)n1C(C)C. The second kappa shape index (κ2) is 12.8. The molecule has 3 heterocycles. The van der Waals surface area contributed by atoms with E-state index in [-0.39, 0.29) is 41.4 Å². The smallest absolute Gasteiger partial charge is 0.387 e. The van der Waals surface area contributed by atoms with Gasteiger partial charge in [0, 0.05) is 11.5 Å². The molecule has 3 aromatic heterocycles. The van der Waals surface area contributed by atoms with Gasteiger partial charge in [0.05, 0.1) is 34.8 Å². The molecule has 0 spiro atoms. The molecule has 0 atom stereocenters. The number of hydrogen-bond acceptors (Lipinski definition) is 3. The van der Waals surface area contributed by atoms with Gasteiger partial charge >= 0.3 is 6.61 Å². The van der Waals surface area contributed by atoms with Crippen LogP contribution in [0.2, 0.25) is 0 Å². The summed E-state index contributed by atoms with van der Waals surface area (Å²) in [5.74, 6) is -0.0320. The molecule has 250 valence electrons. The van der Waals surface area contributed by atoms with E-state index in [1.165, 1.54) is 12.4 Å². The van der Waals surface area contributed by atoms with Gasteiger partial charge in [-0.05, 0) is 69.2 Å². The van der Waals surface area contributed by atoms with E-state index in [1.807, 2.05) is 84.8 Å². The molecule has 0 aliphatic carbocycles. The van der Waals surface area contributed by atoms with Gasteiger partial charge in [0.2, 0.25) is 12.4 Å². The Morgan fingerprint density at radius 3 is 1.69 bits per heavy atom. The van der Waals surface area contributed by atoms with Crippen molar-refractivity contribution in [2.45, 2.75) is 151 Å². The van der Waals surface area contributed by atoms with Crippen LogP contribution < -0.4 is 14.1 Å². The van der Waals surface area contributed by atoms with Crippen LogP contribution in [-0.4, -0.2) is 25.8 Å². The molecule has 0 unspecified atom stereocenters. The average molecular weight is 638 g/mol. The lowest BCUT2D eigenvalue weighted by molar-refractivity contribution is -0.790. The van der Waals surface area contributed by atoms with E-state index in [9.17, 15) is 22.8 Å².